The molecule has 126 valence electrons. The number of nitrogens with zero attached hydrogens (tertiary/aromatic N) is 1. The van der Waals surface area contributed by atoms with Crippen molar-refractivity contribution in [2.24, 2.45) is 0 Å². The molecule has 1 aromatic carbocycles. The largest absolute Gasteiger partial charge is 0.416 e. The number of hydrogen-bond acceptors (Lipinski definition) is 3. The van der Waals surface area contributed by atoms with Crippen LogP contribution in [0.25, 0.3) is 0 Å². The van der Waals surface area contributed by atoms with Crippen LogP contribution in [-0.4, -0.2) is 34.4 Å². The molecule has 2 atom stereocenters. The van der Waals surface area contributed by atoms with Crippen molar-refractivity contribution < 1.29 is 22.8 Å². The van der Waals surface area contributed by atoms with Crippen molar-refractivity contribution in [1.82, 2.24) is 10.2 Å². The van der Waals surface area contributed by atoms with Crippen LogP contribution in [-0.2, 0) is 15.8 Å². The van der Waals surface area contributed by atoms with Gasteiger partial charge in [0.15, 0.2) is 0 Å². The molecule has 1 N–H and O–H groups in total. The van der Waals surface area contributed by atoms with Gasteiger partial charge in [-0.15, -0.1) is 11.8 Å². The number of rotatable bonds is 3. The van der Waals surface area contributed by atoms with Crippen LogP contribution in [0.15, 0.2) is 24.3 Å². The van der Waals surface area contributed by atoms with Gasteiger partial charge in [-0.3, -0.25) is 9.59 Å². The van der Waals surface area contributed by atoms with E-state index in [9.17, 15) is 22.8 Å². The number of alkyl halides is 3. The highest BCUT2D eigenvalue weighted by Gasteiger charge is 2.34. The van der Waals surface area contributed by atoms with Gasteiger partial charge in [0.2, 0.25) is 11.8 Å². The van der Waals surface area contributed by atoms with E-state index in [1.165, 1.54) is 35.7 Å². The second-order valence-electron chi connectivity index (χ2n) is 5.35. The Labute approximate surface area is 136 Å². The van der Waals surface area contributed by atoms with Crippen LogP contribution in [0.1, 0.15) is 31.0 Å². The number of halogens is 3. The molecule has 1 fully saturated rings. The van der Waals surface area contributed by atoms with Gasteiger partial charge in [-0.1, -0.05) is 12.1 Å². The Morgan fingerprint density at radius 3 is 2.43 bits per heavy atom. The molecule has 0 saturated carbocycles. The number of thioether (sulfide) groups is 1. The molecule has 1 aliphatic rings. The molecule has 1 heterocycles. The maximum absolute atomic E-state index is 12.5. The van der Waals surface area contributed by atoms with E-state index in [-0.39, 0.29) is 11.8 Å². The van der Waals surface area contributed by atoms with Crippen molar-refractivity contribution in [3.05, 3.63) is 35.4 Å². The summed E-state index contributed by atoms with van der Waals surface area (Å²) in [4.78, 5) is 25.2. The number of carbonyl (C=O) groups is 2. The summed E-state index contributed by atoms with van der Waals surface area (Å²) in [5, 5.41) is 2.75. The van der Waals surface area contributed by atoms with Crippen molar-refractivity contribution >= 4 is 23.6 Å². The van der Waals surface area contributed by atoms with E-state index in [4.69, 9.17) is 0 Å². The highest BCUT2D eigenvalue weighted by molar-refractivity contribution is 7.99. The Bertz CT molecular complexity index is 589. The van der Waals surface area contributed by atoms with Crippen LogP contribution >= 0.6 is 11.8 Å². The quantitative estimate of drug-likeness (QED) is 0.916. The third-order valence-corrected chi connectivity index (χ3v) is 4.70. The first-order valence-corrected chi connectivity index (χ1v) is 8.18. The topological polar surface area (TPSA) is 49.4 Å². The van der Waals surface area contributed by atoms with Crippen molar-refractivity contribution in [2.45, 2.75) is 32.1 Å². The number of carbonyl (C=O) groups excluding carboxylic acids is 2. The van der Waals surface area contributed by atoms with Gasteiger partial charge in [-0.05, 0) is 24.6 Å². The lowest BCUT2D eigenvalue weighted by molar-refractivity contribution is -0.137. The monoisotopic (exact) mass is 346 g/mol. The van der Waals surface area contributed by atoms with Gasteiger partial charge < -0.3 is 10.2 Å². The average Bonchev–Trinajstić information content (AvgIpc) is 2.96. The molecule has 23 heavy (non-hydrogen) atoms. The molecule has 2 rings (SSSR count). The number of benzene rings is 1. The Hall–Kier alpha value is -1.70. The number of amides is 2. The van der Waals surface area contributed by atoms with Gasteiger partial charge >= 0.3 is 6.18 Å². The summed E-state index contributed by atoms with van der Waals surface area (Å²) >= 11 is 1.49. The zero-order chi connectivity index (χ0) is 17.2. The maximum atomic E-state index is 12.5. The van der Waals surface area contributed by atoms with Gasteiger partial charge in [-0.25, -0.2) is 0 Å². The van der Waals surface area contributed by atoms with Crippen molar-refractivity contribution in [1.29, 1.82) is 0 Å². The minimum atomic E-state index is -4.38. The summed E-state index contributed by atoms with van der Waals surface area (Å²) in [6.07, 6.45) is -4.38. The summed E-state index contributed by atoms with van der Waals surface area (Å²) in [6, 6.07) is 3.70. The second kappa shape index (κ2) is 6.82. The number of nitrogens with one attached hydrogen (secondary N) is 1. The Balaban J connectivity index is 2.02. The molecule has 0 aromatic heterocycles. The van der Waals surface area contributed by atoms with Crippen molar-refractivity contribution in [3.63, 3.8) is 0 Å². The van der Waals surface area contributed by atoms with Crippen LogP contribution in [0.5, 0.6) is 0 Å². The average molecular weight is 346 g/mol. The number of hydrogen-bond donors (Lipinski definition) is 1. The summed E-state index contributed by atoms with van der Waals surface area (Å²) in [7, 11) is 0. The van der Waals surface area contributed by atoms with E-state index in [0.29, 0.717) is 17.2 Å². The van der Waals surface area contributed by atoms with Gasteiger partial charge in [0.1, 0.15) is 6.04 Å². The molecular weight excluding hydrogens is 329 g/mol. The lowest BCUT2D eigenvalue weighted by Crippen LogP contribution is -2.47. The van der Waals surface area contributed by atoms with Crippen LogP contribution in [0.4, 0.5) is 13.2 Å². The van der Waals surface area contributed by atoms with E-state index in [2.05, 4.69) is 5.32 Å². The first-order valence-electron chi connectivity index (χ1n) is 7.02. The van der Waals surface area contributed by atoms with Crippen molar-refractivity contribution in [3.8, 4) is 0 Å². The molecule has 4 nitrogen and oxygen atoms in total. The van der Waals surface area contributed by atoms with Gasteiger partial charge in [0.25, 0.3) is 0 Å². The molecule has 0 bridgehead atoms. The van der Waals surface area contributed by atoms with E-state index < -0.39 is 23.8 Å². The molecular formula is C15H17F3N2O2S. The predicted molar refractivity (Wildman–Crippen MR) is 81.6 cm³/mol. The fourth-order valence-corrected chi connectivity index (χ4v) is 3.54. The van der Waals surface area contributed by atoms with Gasteiger partial charge in [0, 0.05) is 12.7 Å². The lowest BCUT2D eigenvalue weighted by Gasteiger charge is -2.24. The fourth-order valence-electron chi connectivity index (χ4n) is 2.32. The van der Waals surface area contributed by atoms with E-state index in [1.54, 1.807) is 6.92 Å². The van der Waals surface area contributed by atoms with E-state index in [1.807, 2.05) is 0 Å². The van der Waals surface area contributed by atoms with Gasteiger partial charge in [0.05, 0.1) is 17.5 Å². The summed E-state index contributed by atoms with van der Waals surface area (Å²) in [5.41, 5.74) is -0.152. The molecule has 0 unspecified atom stereocenters. The Kier molecular flexibility index (Phi) is 5.23. The zero-order valence-electron chi connectivity index (χ0n) is 12.7. The summed E-state index contributed by atoms with van der Waals surface area (Å²) < 4.78 is 37.6. The van der Waals surface area contributed by atoms with E-state index in [0.717, 1.165) is 12.1 Å². The van der Waals surface area contributed by atoms with Gasteiger partial charge in [-0.2, -0.15) is 13.2 Å². The highest BCUT2D eigenvalue weighted by Crippen LogP contribution is 2.30. The standard InChI is InChI=1S/C15H17F3N2O2S/c1-9(11-3-5-12(6-4-11)15(16,17)18)19-14(22)13-7-23-8-20(13)10(2)21/h3-6,9,13H,7-8H2,1-2H3,(H,19,22)/t9-,13+/m0/s1. The molecule has 1 aromatic rings. The minimum Gasteiger partial charge on any atom is -0.348 e. The van der Waals surface area contributed by atoms with Crippen LogP contribution < -0.4 is 5.32 Å². The molecule has 1 saturated heterocycles. The molecule has 8 heteroatoms. The van der Waals surface area contributed by atoms with Crippen LogP contribution in [0.2, 0.25) is 0 Å². The Morgan fingerprint density at radius 1 is 1.30 bits per heavy atom. The highest BCUT2D eigenvalue weighted by atomic mass is 32.2. The first kappa shape index (κ1) is 17.7. The molecule has 0 radical (unpaired) electrons. The predicted octanol–water partition coefficient (Wildman–Crippen LogP) is 2.80. The van der Waals surface area contributed by atoms with E-state index >= 15 is 0 Å². The van der Waals surface area contributed by atoms with Crippen LogP contribution in [0, 0.1) is 0 Å². The maximum Gasteiger partial charge on any atom is 0.416 e. The fraction of sp³-hybridized carbons (Fsp3) is 0.467. The summed E-state index contributed by atoms with van der Waals surface area (Å²) in [5.74, 6) is 0.530. The molecule has 2 amide bonds. The van der Waals surface area contributed by atoms with Crippen LogP contribution in [0.3, 0.4) is 0 Å². The Morgan fingerprint density at radius 2 is 1.91 bits per heavy atom. The summed E-state index contributed by atoms with van der Waals surface area (Å²) in [6.45, 7) is 3.10. The SMILES string of the molecule is CC(=O)N1CSC[C@@H]1C(=O)N[C@@H](C)c1ccc(C(F)(F)F)cc1. The normalized spacial score (nSPS) is 19.5. The second-order valence-corrected chi connectivity index (χ2v) is 6.35. The molecule has 0 spiro atoms. The smallest absolute Gasteiger partial charge is 0.348 e. The zero-order valence-corrected chi connectivity index (χ0v) is 13.5. The third-order valence-electron chi connectivity index (χ3n) is 3.69. The first-order chi connectivity index (χ1) is 10.7. The third kappa shape index (κ3) is 4.19. The molecule has 0 aliphatic carbocycles. The lowest BCUT2D eigenvalue weighted by atomic mass is 10.1. The van der Waals surface area contributed by atoms with Crippen molar-refractivity contribution in [2.75, 3.05) is 11.6 Å². The minimum absolute atomic E-state index is 0.169. The molecule has 1 aliphatic heterocycles.